The first kappa shape index (κ1) is 19.7. The number of carbonyl (C=O) groups excluding carboxylic acids is 2. The summed E-state index contributed by atoms with van der Waals surface area (Å²) in [5.74, 6) is -1.62. The topological polar surface area (TPSA) is 93.1 Å². The number of anilines is 1. The lowest BCUT2D eigenvalue weighted by Crippen LogP contribution is -2.60. The van der Waals surface area contributed by atoms with Gasteiger partial charge in [0.1, 0.15) is 11.8 Å². The lowest BCUT2D eigenvalue weighted by Gasteiger charge is -2.46. The summed E-state index contributed by atoms with van der Waals surface area (Å²) < 4.78 is 10.4. The van der Waals surface area contributed by atoms with Crippen molar-refractivity contribution < 1.29 is 29.0 Å². The smallest absolute Gasteiger partial charge is 0.307 e. The molecule has 0 unspecified atom stereocenters. The number of carboxylic acids is 1. The number of carboxylic acid groups (broad SMARTS) is 1. The Labute approximate surface area is 166 Å². The van der Waals surface area contributed by atoms with Gasteiger partial charge in [-0.05, 0) is 35.9 Å². The maximum atomic E-state index is 12.7. The zero-order valence-electron chi connectivity index (χ0n) is 15.0. The first-order valence-corrected chi connectivity index (χ1v) is 8.93. The molecule has 3 rings (SSSR count). The van der Waals surface area contributed by atoms with E-state index in [1.165, 1.54) is 4.90 Å². The normalized spacial score (nSPS) is 18.4. The first-order chi connectivity index (χ1) is 13.4. The average Bonchev–Trinajstić information content (AvgIpc) is 2.69. The Morgan fingerprint density at radius 2 is 1.79 bits per heavy atom. The summed E-state index contributed by atoms with van der Waals surface area (Å²) in [6.07, 6.45) is -1.74. The van der Waals surface area contributed by atoms with Crippen LogP contribution in [0.4, 0.5) is 5.69 Å². The first-order valence-electron chi connectivity index (χ1n) is 8.55. The number of rotatable bonds is 7. The van der Waals surface area contributed by atoms with Gasteiger partial charge in [0.15, 0.2) is 0 Å². The predicted octanol–water partition coefficient (Wildman–Crippen LogP) is 3.21. The molecular formula is C20H18ClNO6. The van der Waals surface area contributed by atoms with Gasteiger partial charge in [-0.1, -0.05) is 29.8 Å². The standard InChI is InChI=1S/C20H18ClNO6/c1-27-13-8-6-12(7-9-13)22-18(14-4-2-3-5-15(14)21)19(20(22)26)28-17(25)11-10-16(23)24/h2-9,18-19H,10-11H2,1H3,(H,23,24)/t18-,19+/m0/s1. The maximum absolute atomic E-state index is 12.7. The third kappa shape index (κ3) is 3.94. The Bertz CT molecular complexity index is 898. The molecule has 0 aliphatic carbocycles. The molecule has 1 aliphatic rings. The zero-order valence-corrected chi connectivity index (χ0v) is 15.8. The van der Waals surface area contributed by atoms with Crippen molar-refractivity contribution in [2.24, 2.45) is 0 Å². The van der Waals surface area contributed by atoms with E-state index in [1.54, 1.807) is 55.6 Å². The molecule has 1 fully saturated rings. The molecular weight excluding hydrogens is 386 g/mol. The SMILES string of the molecule is COc1ccc(N2C(=O)[C@H](OC(=O)CCC(=O)O)[C@@H]2c2ccccc2Cl)cc1. The van der Waals surface area contributed by atoms with Gasteiger partial charge in [0.05, 0.1) is 20.0 Å². The third-order valence-corrected chi connectivity index (χ3v) is 4.77. The van der Waals surface area contributed by atoms with Gasteiger partial charge in [0.2, 0.25) is 6.10 Å². The fourth-order valence-electron chi connectivity index (χ4n) is 3.03. The summed E-state index contributed by atoms with van der Waals surface area (Å²) >= 11 is 6.31. The van der Waals surface area contributed by atoms with Crippen LogP contribution in [0.25, 0.3) is 0 Å². The zero-order chi connectivity index (χ0) is 20.3. The molecule has 0 spiro atoms. The van der Waals surface area contributed by atoms with Crippen LogP contribution in [0.1, 0.15) is 24.4 Å². The number of hydrogen-bond acceptors (Lipinski definition) is 5. The van der Waals surface area contributed by atoms with E-state index in [0.29, 0.717) is 22.0 Å². The van der Waals surface area contributed by atoms with E-state index in [1.807, 2.05) is 0 Å². The van der Waals surface area contributed by atoms with Crippen LogP contribution in [-0.4, -0.2) is 36.2 Å². The molecule has 0 radical (unpaired) electrons. The summed E-state index contributed by atoms with van der Waals surface area (Å²) in [5, 5.41) is 9.14. The van der Waals surface area contributed by atoms with Crippen LogP contribution in [0.3, 0.4) is 0 Å². The highest BCUT2D eigenvalue weighted by molar-refractivity contribution is 6.31. The molecule has 8 heteroatoms. The minimum Gasteiger partial charge on any atom is -0.497 e. The largest absolute Gasteiger partial charge is 0.497 e. The highest BCUT2D eigenvalue weighted by atomic mass is 35.5. The van der Waals surface area contributed by atoms with E-state index < -0.39 is 30.0 Å². The maximum Gasteiger partial charge on any atom is 0.307 e. The third-order valence-electron chi connectivity index (χ3n) is 4.42. The summed E-state index contributed by atoms with van der Waals surface area (Å²) in [6, 6.07) is 13.3. The molecule has 0 aromatic heterocycles. The van der Waals surface area contributed by atoms with Crippen molar-refractivity contribution in [3.63, 3.8) is 0 Å². The molecule has 1 heterocycles. The number of hydrogen-bond donors (Lipinski definition) is 1. The van der Waals surface area contributed by atoms with Crippen molar-refractivity contribution in [1.29, 1.82) is 0 Å². The minimum atomic E-state index is -1.11. The number of β-lactam (4-membered cyclic amide) rings is 1. The van der Waals surface area contributed by atoms with Crippen LogP contribution in [0, 0.1) is 0 Å². The van der Waals surface area contributed by atoms with Crippen molar-refractivity contribution in [1.82, 2.24) is 0 Å². The summed E-state index contributed by atoms with van der Waals surface area (Å²) in [7, 11) is 1.54. The molecule has 1 amide bonds. The number of carbonyl (C=O) groups is 3. The van der Waals surface area contributed by atoms with Gasteiger partial charge >= 0.3 is 11.9 Å². The van der Waals surface area contributed by atoms with Crippen molar-refractivity contribution >= 4 is 35.1 Å². The monoisotopic (exact) mass is 403 g/mol. The van der Waals surface area contributed by atoms with E-state index in [2.05, 4.69) is 0 Å². The van der Waals surface area contributed by atoms with Gasteiger partial charge < -0.3 is 14.6 Å². The minimum absolute atomic E-state index is 0.309. The number of methoxy groups -OCH3 is 1. The molecule has 1 N–H and O–H groups in total. The van der Waals surface area contributed by atoms with Gasteiger partial charge in [-0.15, -0.1) is 0 Å². The highest BCUT2D eigenvalue weighted by Gasteiger charge is 2.52. The summed E-state index contributed by atoms with van der Waals surface area (Å²) in [5.41, 5.74) is 1.24. The van der Waals surface area contributed by atoms with Gasteiger partial charge in [-0.25, -0.2) is 0 Å². The van der Waals surface area contributed by atoms with Crippen LogP contribution in [0.5, 0.6) is 5.75 Å². The number of ether oxygens (including phenoxy) is 2. The van der Waals surface area contributed by atoms with E-state index >= 15 is 0 Å². The number of halogens is 1. The van der Waals surface area contributed by atoms with Crippen molar-refractivity contribution in [3.8, 4) is 5.75 Å². The Morgan fingerprint density at radius 1 is 1.11 bits per heavy atom. The molecule has 28 heavy (non-hydrogen) atoms. The lowest BCUT2D eigenvalue weighted by molar-refractivity contribution is -0.163. The lowest BCUT2D eigenvalue weighted by atomic mass is 9.89. The molecule has 1 saturated heterocycles. The second-order valence-corrected chi connectivity index (χ2v) is 6.58. The number of esters is 1. The van der Waals surface area contributed by atoms with Gasteiger partial charge in [-0.2, -0.15) is 0 Å². The van der Waals surface area contributed by atoms with Gasteiger partial charge in [0, 0.05) is 10.7 Å². The van der Waals surface area contributed by atoms with Gasteiger partial charge in [-0.3, -0.25) is 19.3 Å². The molecule has 146 valence electrons. The van der Waals surface area contributed by atoms with Crippen molar-refractivity contribution in [2.75, 3.05) is 12.0 Å². The molecule has 0 saturated carbocycles. The van der Waals surface area contributed by atoms with Crippen LogP contribution in [-0.2, 0) is 19.1 Å². The Hall–Kier alpha value is -3.06. The van der Waals surface area contributed by atoms with Crippen LogP contribution >= 0.6 is 11.6 Å². The molecule has 2 aromatic carbocycles. The van der Waals surface area contributed by atoms with Crippen molar-refractivity contribution in [3.05, 3.63) is 59.1 Å². The Morgan fingerprint density at radius 3 is 2.39 bits per heavy atom. The fourth-order valence-corrected chi connectivity index (χ4v) is 3.28. The Balaban J connectivity index is 1.88. The molecule has 7 nitrogen and oxygen atoms in total. The molecule has 1 aliphatic heterocycles. The van der Waals surface area contributed by atoms with E-state index in [-0.39, 0.29) is 12.8 Å². The predicted molar refractivity (Wildman–Crippen MR) is 101 cm³/mol. The summed E-state index contributed by atoms with van der Waals surface area (Å²) in [6.45, 7) is 0. The van der Waals surface area contributed by atoms with Crippen molar-refractivity contribution in [2.45, 2.75) is 25.0 Å². The molecule has 2 aromatic rings. The van der Waals surface area contributed by atoms with E-state index in [9.17, 15) is 14.4 Å². The van der Waals surface area contributed by atoms with Gasteiger partial charge in [0.25, 0.3) is 5.91 Å². The fraction of sp³-hybridized carbons (Fsp3) is 0.250. The average molecular weight is 404 g/mol. The van der Waals surface area contributed by atoms with Crippen LogP contribution < -0.4 is 9.64 Å². The quantitative estimate of drug-likeness (QED) is 0.563. The highest BCUT2D eigenvalue weighted by Crippen LogP contribution is 2.43. The van der Waals surface area contributed by atoms with Crippen LogP contribution in [0.15, 0.2) is 48.5 Å². The summed E-state index contributed by atoms with van der Waals surface area (Å²) in [4.78, 5) is 36.9. The number of nitrogens with zero attached hydrogens (tertiary/aromatic N) is 1. The number of benzene rings is 2. The van der Waals surface area contributed by atoms with E-state index in [0.717, 1.165) is 0 Å². The second kappa shape index (κ2) is 8.31. The Kier molecular flexibility index (Phi) is 5.84. The molecule has 2 atom stereocenters. The van der Waals surface area contributed by atoms with E-state index in [4.69, 9.17) is 26.2 Å². The molecule has 0 bridgehead atoms. The second-order valence-electron chi connectivity index (χ2n) is 6.18. The van der Waals surface area contributed by atoms with Crippen LogP contribution in [0.2, 0.25) is 5.02 Å². The number of aliphatic carboxylic acids is 1. The number of amides is 1.